The summed E-state index contributed by atoms with van der Waals surface area (Å²) in [7, 11) is 0. The molecule has 0 aliphatic carbocycles. The molecule has 0 spiro atoms. The summed E-state index contributed by atoms with van der Waals surface area (Å²) in [6.45, 7) is 1.43. The van der Waals surface area contributed by atoms with Crippen LogP contribution in [-0.2, 0) is 4.79 Å². The van der Waals surface area contributed by atoms with Crippen LogP contribution in [0.4, 0.5) is 0 Å². The van der Waals surface area contributed by atoms with Crippen molar-refractivity contribution in [2.45, 2.75) is 13.0 Å². The summed E-state index contributed by atoms with van der Waals surface area (Å²) >= 11 is 11.8. The fourth-order valence-corrected chi connectivity index (χ4v) is 2.73. The molecule has 1 aliphatic heterocycles. The molecular weight excluding hydrogens is 353 g/mol. The number of ether oxygens (including phenoxy) is 1. The lowest BCUT2D eigenvalue weighted by atomic mass is 10.1. The summed E-state index contributed by atoms with van der Waals surface area (Å²) in [5.41, 5.74) is 0.238. The van der Waals surface area contributed by atoms with E-state index >= 15 is 0 Å². The molecule has 1 heterocycles. The molecule has 0 unspecified atom stereocenters. The van der Waals surface area contributed by atoms with E-state index in [9.17, 15) is 14.4 Å². The van der Waals surface area contributed by atoms with Gasteiger partial charge in [-0.3, -0.25) is 14.5 Å². The van der Waals surface area contributed by atoms with Gasteiger partial charge in [0.15, 0.2) is 0 Å². The number of nitrogens with zero attached hydrogens (tertiary/aromatic N) is 1. The topological polar surface area (TPSA) is 63.7 Å². The highest BCUT2D eigenvalue weighted by Crippen LogP contribution is 2.32. The maximum atomic E-state index is 12.5. The summed E-state index contributed by atoms with van der Waals surface area (Å²) in [6.07, 6.45) is 0. The van der Waals surface area contributed by atoms with Crippen molar-refractivity contribution >= 4 is 41.0 Å². The van der Waals surface area contributed by atoms with Crippen LogP contribution in [0.25, 0.3) is 0 Å². The second kappa shape index (κ2) is 6.26. The lowest BCUT2D eigenvalue weighted by molar-refractivity contribution is -0.138. The van der Waals surface area contributed by atoms with Crippen molar-refractivity contribution in [3.8, 4) is 5.75 Å². The van der Waals surface area contributed by atoms with Gasteiger partial charge in [0.2, 0.25) is 0 Å². The Bertz CT molecular complexity index is 810. The number of halogens is 2. The maximum absolute atomic E-state index is 12.5. The van der Waals surface area contributed by atoms with Gasteiger partial charge in [0.1, 0.15) is 11.8 Å². The van der Waals surface area contributed by atoms with E-state index in [1.54, 1.807) is 30.3 Å². The van der Waals surface area contributed by atoms with Gasteiger partial charge in [-0.05, 0) is 31.2 Å². The molecule has 0 N–H and O–H groups in total. The lowest BCUT2D eigenvalue weighted by Gasteiger charge is -2.20. The van der Waals surface area contributed by atoms with Crippen molar-refractivity contribution in [3.63, 3.8) is 0 Å². The summed E-state index contributed by atoms with van der Waals surface area (Å²) in [5.74, 6) is -1.60. The van der Waals surface area contributed by atoms with Crippen LogP contribution in [0.15, 0.2) is 42.5 Å². The number of para-hydroxylation sites is 1. The second-order valence-electron chi connectivity index (χ2n) is 5.20. The standard InChI is InChI=1S/C17H11Cl2NO4/c1-9(17(23)24-10-5-3-2-4-6-10)20-15(21)11-7-13(18)14(19)8-12(11)16(20)22/h2-9H,1H3/t9-/m0/s1. The van der Waals surface area contributed by atoms with E-state index in [2.05, 4.69) is 0 Å². The Morgan fingerprint density at radius 3 is 2.00 bits per heavy atom. The van der Waals surface area contributed by atoms with Crippen molar-refractivity contribution in [3.05, 3.63) is 63.6 Å². The number of esters is 1. The normalized spacial score (nSPS) is 14.5. The molecule has 7 heteroatoms. The monoisotopic (exact) mass is 363 g/mol. The van der Waals surface area contributed by atoms with E-state index in [-0.39, 0.29) is 21.2 Å². The van der Waals surface area contributed by atoms with Crippen LogP contribution in [0.3, 0.4) is 0 Å². The zero-order valence-electron chi connectivity index (χ0n) is 12.5. The number of rotatable bonds is 3. The maximum Gasteiger partial charge on any atom is 0.334 e. The summed E-state index contributed by atoms with van der Waals surface area (Å²) in [5, 5.41) is 0.330. The first-order valence-corrected chi connectivity index (χ1v) is 7.79. The van der Waals surface area contributed by atoms with Crippen LogP contribution in [0.2, 0.25) is 10.0 Å². The van der Waals surface area contributed by atoms with E-state index in [1.165, 1.54) is 19.1 Å². The number of amides is 2. The van der Waals surface area contributed by atoms with E-state index in [0.29, 0.717) is 5.75 Å². The molecule has 5 nitrogen and oxygen atoms in total. The van der Waals surface area contributed by atoms with Gasteiger partial charge >= 0.3 is 5.97 Å². The van der Waals surface area contributed by atoms with Crippen molar-refractivity contribution in [1.29, 1.82) is 0 Å². The molecule has 0 saturated heterocycles. The molecular formula is C17H11Cl2NO4. The number of hydrogen-bond acceptors (Lipinski definition) is 4. The van der Waals surface area contributed by atoms with Crippen molar-refractivity contribution in [2.24, 2.45) is 0 Å². The van der Waals surface area contributed by atoms with Crippen molar-refractivity contribution in [1.82, 2.24) is 4.90 Å². The van der Waals surface area contributed by atoms with Gasteiger partial charge in [-0.1, -0.05) is 41.4 Å². The second-order valence-corrected chi connectivity index (χ2v) is 6.02. The van der Waals surface area contributed by atoms with Crippen LogP contribution in [0.1, 0.15) is 27.6 Å². The summed E-state index contributed by atoms with van der Waals surface area (Å²) in [4.78, 5) is 38.0. The number of fused-ring (bicyclic) bond motifs is 1. The molecule has 3 rings (SSSR count). The minimum Gasteiger partial charge on any atom is -0.425 e. The number of hydrogen-bond donors (Lipinski definition) is 0. The molecule has 0 aromatic heterocycles. The SMILES string of the molecule is C[C@@H](C(=O)Oc1ccccc1)N1C(=O)c2cc(Cl)c(Cl)cc2C1=O. The first kappa shape index (κ1) is 16.5. The molecule has 0 saturated carbocycles. The predicted molar refractivity (Wildman–Crippen MR) is 88.5 cm³/mol. The minimum atomic E-state index is -1.09. The van der Waals surface area contributed by atoms with Gasteiger partial charge in [0, 0.05) is 0 Å². The van der Waals surface area contributed by atoms with Gasteiger partial charge in [0.25, 0.3) is 11.8 Å². The average molecular weight is 364 g/mol. The first-order valence-electron chi connectivity index (χ1n) is 7.04. The number of carbonyl (C=O) groups excluding carboxylic acids is 3. The van der Waals surface area contributed by atoms with Gasteiger partial charge in [-0.25, -0.2) is 4.79 Å². The Kier molecular flexibility index (Phi) is 4.30. The number of benzene rings is 2. The molecule has 2 amide bonds. The summed E-state index contributed by atoms with van der Waals surface area (Å²) in [6, 6.07) is 9.97. The Balaban J connectivity index is 1.86. The Morgan fingerprint density at radius 1 is 1.00 bits per heavy atom. The fraction of sp³-hybridized carbons (Fsp3) is 0.118. The lowest BCUT2D eigenvalue weighted by Crippen LogP contribution is -2.44. The Hall–Kier alpha value is -2.37. The summed E-state index contributed by atoms with van der Waals surface area (Å²) < 4.78 is 5.19. The third-order valence-corrected chi connectivity index (χ3v) is 4.37. The first-order chi connectivity index (χ1) is 11.4. The van der Waals surface area contributed by atoms with Gasteiger partial charge in [-0.15, -0.1) is 0 Å². The quantitative estimate of drug-likeness (QED) is 0.474. The molecule has 0 bridgehead atoms. The van der Waals surface area contributed by atoms with Crippen LogP contribution in [0.5, 0.6) is 5.75 Å². The minimum absolute atomic E-state index is 0.119. The molecule has 2 aromatic rings. The highest BCUT2D eigenvalue weighted by molar-refractivity contribution is 6.43. The van der Waals surface area contributed by atoms with Gasteiger partial charge < -0.3 is 4.74 Å². The zero-order valence-corrected chi connectivity index (χ0v) is 14.0. The smallest absolute Gasteiger partial charge is 0.334 e. The highest BCUT2D eigenvalue weighted by Gasteiger charge is 2.42. The molecule has 0 fully saturated rings. The van der Waals surface area contributed by atoms with Crippen LogP contribution in [0, 0.1) is 0 Å². The molecule has 0 radical (unpaired) electrons. The average Bonchev–Trinajstić information content (AvgIpc) is 2.79. The van der Waals surface area contributed by atoms with E-state index in [0.717, 1.165) is 4.90 Å². The Labute approximate surface area is 147 Å². The van der Waals surface area contributed by atoms with E-state index in [1.807, 2.05) is 0 Å². The number of imide groups is 1. The third-order valence-electron chi connectivity index (χ3n) is 3.65. The van der Waals surface area contributed by atoms with Gasteiger partial charge in [0.05, 0.1) is 21.2 Å². The molecule has 2 aromatic carbocycles. The molecule has 1 atom stereocenters. The van der Waals surface area contributed by atoms with E-state index in [4.69, 9.17) is 27.9 Å². The molecule has 122 valence electrons. The zero-order chi connectivity index (χ0) is 17.4. The fourth-order valence-electron chi connectivity index (χ4n) is 2.40. The van der Waals surface area contributed by atoms with Crippen LogP contribution < -0.4 is 4.74 Å². The molecule has 24 heavy (non-hydrogen) atoms. The van der Waals surface area contributed by atoms with Crippen molar-refractivity contribution < 1.29 is 19.1 Å². The van der Waals surface area contributed by atoms with Crippen LogP contribution >= 0.6 is 23.2 Å². The van der Waals surface area contributed by atoms with Crippen molar-refractivity contribution in [2.75, 3.05) is 0 Å². The predicted octanol–water partition coefficient (Wildman–Crippen LogP) is 3.58. The third kappa shape index (κ3) is 2.77. The largest absolute Gasteiger partial charge is 0.425 e. The van der Waals surface area contributed by atoms with Gasteiger partial charge in [-0.2, -0.15) is 0 Å². The molecule has 1 aliphatic rings. The van der Waals surface area contributed by atoms with E-state index < -0.39 is 23.8 Å². The Morgan fingerprint density at radius 2 is 1.50 bits per heavy atom. The number of carbonyl (C=O) groups is 3. The van der Waals surface area contributed by atoms with Crippen LogP contribution in [-0.4, -0.2) is 28.7 Å². The highest BCUT2D eigenvalue weighted by atomic mass is 35.5.